The molecule has 0 fully saturated rings. The minimum absolute atomic E-state index is 0.000417. The first kappa shape index (κ1) is 12.2. The van der Waals surface area contributed by atoms with Crippen molar-refractivity contribution < 1.29 is 13.2 Å². The number of nitrogens with zero attached hydrogens (tertiary/aromatic N) is 2. The lowest BCUT2D eigenvalue weighted by Gasteiger charge is -2.17. The molecule has 0 aliphatic heterocycles. The molecule has 1 aromatic carbocycles. The Balaban J connectivity index is 3.20. The van der Waals surface area contributed by atoms with Gasteiger partial charge < -0.3 is 0 Å². The van der Waals surface area contributed by atoms with Gasteiger partial charge in [-0.3, -0.25) is 4.79 Å². The summed E-state index contributed by atoms with van der Waals surface area (Å²) in [5, 5.41) is 8.49. The smallest absolute Gasteiger partial charge is 0.267 e. The summed E-state index contributed by atoms with van der Waals surface area (Å²) in [6, 6.07) is 9.18. The zero-order valence-corrected chi connectivity index (χ0v) is 9.44. The topological polar surface area (TPSA) is 78.2 Å². The summed E-state index contributed by atoms with van der Waals surface area (Å²) >= 11 is 0. The summed E-state index contributed by atoms with van der Waals surface area (Å²) in [5.74, 6) is -0.676. The van der Waals surface area contributed by atoms with Gasteiger partial charge in [-0.1, -0.05) is 18.2 Å². The van der Waals surface area contributed by atoms with Crippen LogP contribution in [0.4, 0.5) is 0 Å². The highest BCUT2D eigenvalue weighted by Crippen LogP contribution is 2.14. The molecule has 0 radical (unpaired) electrons. The van der Waals surface area contributed by atoms with E-state index in [9.17, 15) is 13.2 Å². The van der Waals surface area contributed by atoms with Crippen LogP contribution in [0.2, 0.25) is 0 Å². The first-order valence-electron chi connectivity index (χ1n) is 4.45. The lowest BCUT2D eigenvalue weighted by molar-refractivity contribution is -0.123. The molecule has 1 aromatic rings. The first-order chi connectivity index (χ1) is 7.50. The number of benzene rings is 1. The highest BCUT2D eigenvalue weighted by Gasteiger charge is 2.26. The van der Waals surface area contributed by atoms with E-state index in [2.05, 4.69) is 0 Å². The van der Waals surface area contributed by atoms with Gasteiger partial charge in [0.25, 0.3) is 10.0 Å². The molecule has 0 bridgehead atoms. The number of carbonyl (C=O) groups is 1. The number of amides is 1. The van der Waals surface area contributed by atoms with Gasteiger partial charge in [0.15, 0.2) is 0 Å². The SMILES string of the molecule is CC(=O)N(CC#N)S(=O)(=O)c1ccccc1. The van der Waals surface area contributed by atoms with Gasteiger partial charge >= 0.3 is 0 Å². The van der Waals surface area contributed by atoms with E-state index in [0.29, 0.717) is 4.31 Å². The van der Waals surface area contributed by atoms with Crippen LogP contribution in [0, 0.1) is 11.3 Å². The Labute approximate surface area is 94.0 Å². The Hall–Kier alpha value is -1.87. The van der Waals surface area contributed by atoms with E-state index in [1.165, 1.54) is 12.1 Å². The van der Waals surface area contributed by atoms with Gasteiger partial charge in [0, 0.05) is 6.92 Å². The molecule has 5 nitrogen and oxygen atoms in total. The number of hydrogen-bond acceptors (Lipinski definition) is 4. The van der Waals surface area contributed by atoms with Crippen molar-refractivity contribution in [1.29, 1.82) is 5.26 Å². The number of carbonyl (C=O) groups excluding carboxylic acids is 1. The number of nitriles is 1. The molecule has 1 rings (SSSR count). The molecule has 0 N–H and O–H groups in total. The fourth-order valence-electron chi connectivity index (χ4n) is 1.15. The van der Waals surface area contributed by atoms with Gasteiger partial charge in [0.05, 0.1) is 11.0 Å². The predicted molar refractivity (Wildman–Crippen MR) is 56.6 cm³/mol. The number of sulfonamides is 1. The fourth-order valence-corrected chi connectivity index (χ4v) is 2.47. The van der Waals surface area contributed by atoms with Crippen LogP contribution in [0.5, 0.6) is 0 Å². The second-order valence-corrected chi connectivity index (χ2v) is 4.86. The predicted octanol–water partition coefficient (Wildman–Crippen LogP) is 0.747. The van der Waals surface area contributed by atoms with Gasteiger partial charge in [-0.05, 0) is 12.1 Å². The Morgan fingerprint density at radius 3 is 2.38 bits per heavy atom. The van der Waals surface area contributed by atoms with Crippen molar-refractivity contribution in [3.05, 3.63) is 30.3 Å². The van der Waals surface area contributed by atoms with Crippen LogP contribution in [-0.4, -0.2) is 25.2 Å². The van der Waals surface area contributed by atoms with Gasteiger partial charge in [-0.25, -0.2) is 12.7 Å². The van der Waals surface area contributed by atoms with Crippen LogP contribution in [0.15, 0.2) is 35.2 Å². The second kappa shape index (κ2) is 4.77. The highest BCUT2D eigenvalue weighted by molar-refractivity contribution is 7.89. The van der Waals surface area contributed by atoms with Crippen LogP contribution in [-0.2, 0) is 14.8 Å². The van der Waals surface area contributed by atoms with Crippen molar-refractivity contribution in [3.8, 4) is 6.07 Å². The normalized spacial score (nSPS) is 10.5. The van der Waals surface area contributed by atoms with E-state index in [0.717, 1.165) is 6.92 Å². The molecule has 0 saturated heterocycles. The molecule has 1 amide bonds. The second-order valence-electron chi connectivity index (χ2n) is 3.00. The lowest BCUT2D eigenvalue weighted by atomic mass is 10.4. The molecular weight excluding hydrogens is 228 g/mol. The molecule has 0 unspecified atom stereocenters. The average molecular weight is 238 g/mol. The molecule has 0 aliphatic carbocycles. The van der Waals surface area contributed by atoms with Crippen molar-refractivity contribution in [1.82, 2.24) is 4.31 Å². The zero-order valence-electron chi connectivity index (χ0n) is 8.62. The third-order valence-electron chi connectivity index (χ3n) is 1.90. The van der Waals surface area contributed by atoms with Crippen molar-refractivity contribution in [3.63, 3.8) is 0 Å². The van der Waals surface area contributed by atoms with E-state index in [1.807, 2.05) is 0 Å². The van der Waals surface area contributed by atoms with E-state index in [1.54, 1.807) is 24.3 Å². The maximum Gasteiger partial charge on any atom is 0.267 e. The third kappa shape index (κ3) is 2.38. The molecule has 6 heteroatoms. The third-order valence-corrected chi connectivity index (χ3v) is 3.73. The molecule has 0 spiro atoms. The Bertz CT molecular complexity index is 517. The van der Waals surface area contributed by atoms with Crippen molar-refractivity contribution >= 4 is 15.9 Å². The summed E-state index contributed by atoms with van der Waals surface area (Å²) in [6.45, 7) is 0.629. The molecule has 84 valence electrons. The van der Waals surface area contributed by atoms with E-state index in [4.69, 9.17) is 5.26 Å². The largest absolute Gasteiger partial charge is 0.274 e. The molecule has 0 aromatic heterocycles. The van der Waals surface area contributed by atoms with Crippen LogP contribution in [0.3, 0.4) is 0 Å². The summed E-state index contributed by atoms with van der Waals surface area (Å²) < 4.78 is 24.4. The minimum Gasteiger partial charge on any atom is -0.274 e. The van der Waals surface area contributed by atoms with Gasteiger partial charge in [-0.15, -0.1) is 0 Å². The standard InChI is InChI=1S/C10H10N2O3S/c1-9(13)12(8-7-11)16(14,15)10-5-3-2-4-6-10/h2-6H,8H2,1H3. The first-order valence-corrected chi connectivity index (χ1v) is 5.89. The van der Waals surface area contributed by atoms with Gasteiger partial charge in [-0.2, -0.15) is 5.26 Å². The quantitative estimate of drug-likeness (QED) is 0.728. The summed E-state index contributed by atoms with van der Waals surface area (Å²) in [7, 11) is -3.90. The Kier molecular flexibility index (Phi) is 3.64. The van der Waals surface area contributed by atoms with Crippen LogP contribution < -0.4 is 0 Å². The zero-order chi connectivity index (χ0) is 12.2. The molecule has 16 heavy (non-hydrogen) atoms. The summed E-state index contributed by atoms with van der Waals surface area (Å²) in [4.78, 5) is 11.1. The maximum absolute atomic E-state index is 11.9. The van der Waals surface area contributed by atoms with Gasteiger partial charge in [0.1, 0.15) is 6.54 Å². The molecular formula is C10H10N2O3S. The van der Waals surface area contributed by atoms with Crippen molar-refractivity contribution in [2.24, 2.45) is 0 Å². The summed E-state index contributed by atoms with van der Waals surface area (Å²) in [6.07, 6.45) is 0. The Morgan fingerprint density at radius 2 is 1.94 bits per heavy atom. The van der Waals surface area contributed by atoms with Crippen LogP contribution >= 0.6 is 0 Å². The van der Waals surface area contributed by atoms with E-state index >= 15 is 0 Å². The molecule has 0 aliphatic rings. The fraction of sp³-hybridized carbons (Fsp3) is 0.200. The van der Waals surface area contributed by atoms with Gasteiger partial charge in [0.2, 0.25) is 5.91 Å². The van der Waals surface area contributed by atoms with E-state index in [-0.39, 0.29) is 4.90 Å². The van der Waals surface area contributed by atoms with Crippen LogP contribution in [0.25, 0.3) is 0 Å². The average Bonchev–Trinajstić information content (AvgIpc) is 2.26. The number of rotatable bonds is 3. The summed E-state index contributed by atoms with van der Waals surface area (Å²) in [5.41, 5.74) is 0. The monoisotopic (exact) mass is 238 g/mol. The minimum atomic E-state index is -3.90. The maximum atomic E-state index is 11.9. The van der Waals surface area contributed by atoms with Crippen molar-refractivity contribution in [2.75, 3.05) is 6.54 Å². The molecule has 0 atom stereocenters. The highest BCUT2D eigenvalue weighted by atomic mass is 32.2. The van der Waals surface area contributed by atoms with Crippen molar-refractivity contribution in [2.45, 2.75) is 11.8 Å². The van der Waals surface area contributed by atoms with E-state index < -0.39 is 22.5 Å². The molecule has 0 saturated carbocycles. The Morgan fingerprint density at radius 1 is 1.38 bits per heavy atom. The van der Waals surface area contributed by atoms with Crippen LogP contribution in [0.1, 0.15) is 6.92 Å². The lowest BCUT2D eigenvalue weighted by Crippen LogP contribution is -2.35. The number of hydrogen-bond donors (Lipinski definition) is 0. The molecule has 0 heterocycles.